The number of phenolic OH excluding ortho intramolecular Hbond substituents is 1. The molecule has 1 spiro atoms. The zero-order valence-electron chi connectivity index (χ0n) is 10.1. The van der Waals surface area contributed by atoms with E-state index in [1.807, 2.05) is 0 Å². The third-order valence-corrected chi connectivity index (χ3v) is 6.60. The summed E-state index contributed by atoms with van der Waals surface area (Å²) in [5.74, 6) is -0.446. The summed E-state index contributed by atoms with van der Waals surface area (Å²) >= 11 is 5.91. The van der Waals surface area contributed by atoms with Crippen LogP contribution in [0.3, 0.4) is 0 Å². The van der Waals surface area contributed by atoms with Gasteiger partial charge >= 0.3 is 0 Å². The van der Waals surface area contributed by atoms with E-state index in [2.05, 4.69) is 0 Å². The lowest BCUT2D eigenvalue weighted by Crippen LogP contribution is -2.56. The highest BCUT2D eigenvalue weighted by atomic mass is 35.5. The molecule has 104 valence electrons. The number of halogens is 1. The fourth-order valence-corrected chi connectivity index (χ4v) is 5.43. The molecule has 1 aliphatic carbocycles. The first-order valence-corrected chi connectivity index (χ1v) is 7.87. The number of anilines is 1. The topological polar surface area (TPSA) is 89.6 Å². The molecule has 0 unspecified atom stereocenters. The monoisotopic (exact) mass is 303 g/mol. The Bertz CT molecular complexity index is 631. The summed E-state index contributed by atoms with van der Waals surface area (Å²) in [6.45, 7) is 1.24. The second kappa shape index (κ2) is 4.01. The summed E-state index contributed by atoms with van der Waals surface area (Å²) < 4.78 is 30.1. The molecule has 0 amide bonds. The minimum absolute atomic E-state index is 0.0116. The number of nitrogen functional groups attached to an aromatic ring is 1. The molecule has 1 aromatic carbocycles. The Labute approximate surface area is 116 Å². The van der Waals surface area contributed by atoms with Gasteiger partial charge in [0.1, 0.15) is 4.90 Å². The van der Waals surface area contributed by atoms with Crippen LogP contribution in [0.5, 0.6) is 5.75 Å². The lowest BCUT2D eigenvalue weighted by Gasteiger charge is -2.52. The molecule has 0 atom stereocenters. The number of phenols is 1. The average Bonchev–Trinajstić information content (AvgIpc) is 2.19. The molecule has 3 N–H and O–H groups in total. The molecule has 0 radical (unpaired) electrons. The van der Waals surface area contributed by atoms with Crippen molar-refractivity contribution in [1.82, 2.24) is 0 Å². The van der Waals surface area contributed by atoms with E-state index in [1.165, 1.54) is 12.1 Å². The Kier molecular flexibility index (Phi) is 2.75. The van der Waals surface area contributed by atoms with Crippen LogP contribution in [-0.2, 0) is 14.6 Å². The van der Waals surface area contributed by atoms with Crippen molar-refractivity contribution < 1.29 is 18.3 Å². The van der Waals surface area contributed by atoms with Crippen molar-refractivity contribution in [1.29, 1.82) is 0 Å². The molecule has 7 heteroatoms. The summed E-state index contributed by atoms with van der Waals surface area (Å²) in [6.07, 6.45) is 1.11. The number of rotatable bonds is 2. The Hall–Kier alpha value is -0.980. The van der Waals surface area contributed by atoms with Crippen LogP contribution in [0, 0.1) is 5.41 Å². The maximum atomic E-state index is 12.5. The zero-order chi connectivity index (χ0) is 13.8. The lowest BCUT2D eigenvalue weighted by atomic mass is 9.67. The van der Waals surface area contributed by atoms with Crippen molar-refractivity contribution in [3.05, 3.63) is 17.2 Å². The second-order valence-corrected chi connectivity index (χ2v) is 7.95. The summed E-state index contributed by atoms with van der Waals surface area (Å²) in [4.78, 5) is -0.241. The van der Waals surface area contributed by atoms with Gasteiger partial charge in [0, 0.05) is 5.41 Å². The third-order valence-electron chi connectivity index (χ3n) is 3.98. The van der Waals surface area contributed by atoms with Gasteiger partial charge < -0.3 is 15.6 Å². The van der Waals surface area contributed by atoms with Crippen molar-refractivity contribution in [2.45, 2.75) is 23.0 Å². The molecular formula is C12H14ClNO4S. The fourth-order valence-electron chi connectivity index (χ4n) is 2.75. The molecule has 0 bridgehead atoms. The van der Waals surface area contributed by atoms with Gasteiger partial charge in [0.05, 0.1) is 29.2 Å². The standard InChI is InChI=1S/C12H14ClNO4S/c13-8-1-2-9(14)10(15)11(8)19(16,17)7-3-12(4-7)5-18-6-12/h1-2,7,15H,3-6,14H2. The van der Waals surface area contributed by atoms with E-state index in [1.54, 1.807) is 0 Å². The van der Waals surface area contributed by atoms with Gasteiger partial charge in [-0.1, -0.05) is 11.6 Å². The van der Waals surface area contributed by atoms with E-state index in [-0.39, 0.29) is 21.0 Å². The van der Waals surface area contributed by atoms with Crippen molar-refractivity contribution in [2.24, 2.45) is 5.41 Å². The van der Waals surface area contributed by atoms with Gasteiger partial charge in [0.2, 0.25) is 0 Å². The first-order chi connectivity index (χ1) is 8.86. The normalized spacial score (nSPS) is 21.9. The highest BCUT2D eigenvalue weighted by molar-refractivity contribution is 7.92. The SMILES string of the molecule is Nc1ccc(Cl)c(S(=O)(=O)C2CC3(COC3)C2)c1O. The number of hydrogen-bond acceptors (Lipinski definition) is 5. The molecule has 0 aromatic heterocycles. The summed E-state index contributed by atoms with van der Waals surface area (Å²) in [6, 6.07) is 2.78. The fraction of sp³-hybridized carbons (Fsp3) is 0.500. The number of aromatic hydroxyl groups is 1. The van der Waals surface area contributed by atoms with Crippen LogP contribution in [0.1, 0.15) is 12.8 Å². The molecule has 1 aliphatic heterocycles. The molecular weight excluding hydrogens is 290 g/mol. The van der Waals surface area contributed by atoms with Crippen LogP contribution >= 0.6 is 11.6 Å². The van der Waals surface area contributed by atoms with Crippen molar-refractivity contribution in [2.75, 3.05) is 18.9 Å². The van der Waals surface area contributed by atoms with E-state index in [4.69, 9.17) is 22.1 Å². The molecule has 1 saturated carbocycles. The number of nitrogens with two attached hydrogens (primary N) is 1. The van der Waals surface area contributed by atoms with Crippen molar-refractivity contribution >= 4 is 27.1 Å². The minimum Gasteiger partial charge on any atom is -0.504 e. The van der Waals surface area contributed by atoms with Crippen LogP contribution in [0.15, 0.2) is 17.0 Å². The number of ether oxygens (including phenoxy) is 1. The molecule has 1 heterocycles. The molecule has 2 fully saturated rings. The molecule has 19 heavy (non-hydrogen) atoms. The first kappa shape index (κ1) is 13.0. The predicted molar refractivity (Wildman–Crippen MR) is 71.0 cm³/mol. The van der Waals surface area contributed by atoms with Crippen LogP contribution in [0.2, 0.25) is 5.02 Å². The van der Waals surface area contributed by atoms with Crippen LogP contribution in [0.25, 0.3) is 0 Å². The first-order valence-electron chi connectivity index (χ1n) is 5.94. The van der Waals surface area contributed by atoms with E-state index in [0.717, 1.165) is 0 Å². The summed E-state index contributed by atoms with van der Waals surface area (Å²) in [7, 11) is -3.65. The van der Waals surface area contributed by atoms with E-state index < -0.39 is 20.8 Å². The lowest BCUT2D eigenvalue weighted by molar-refractivity contribution is -0.153. The largest absolute Gasteiger partial charge is 0.504 e. The van der Waals surface area contributed by atoms with Crippen molar-refractivity contribution in [3.63, 3.8) is 0 Å². The van der Waals surface area contributed by atoms with E-state index >= 15 is 0 Å². The van der Waals surface area contributed by atoms with Gasteiger partial charge in [-0.25, -0.2) is 8.42 Å². The molecule has 1 aromatic rings. The van der Waals surface area contributed by atoms with Crippen LogP contribution < -0.4 is 5.73 Å². The van der Waals surface area contributed by atoms with Gasteiger partial charge in [-0.05, 0) is 25.0 Å². The average molecular weight is 304 g/mol. The summed E-state index contributed by atoms with van der Waals surface area (Å²) in [5, 5.41) is 9.37. The predicted octanol–water partition coefficient (Wildman–Crippen LogP) is 1.58. The van der Waals surface area contributed by atoms with E-state index in [9.17, 15) is 13.5 Å². The second-order valence-electron chi connectivity index (χ2n) is 5.38. The highest BCUT2D eigenvalue weighted by Gasteiger charge is 2.55. The maximum absolute atomic E-state index is 12.5. The van der Waals surface area contributed by atoms with Gasteiger partial charge in [0.15, 0.2) is 15.6 Å². The molecule has 5 nitrogen and oxygen atoms in total. The molecule has 2 aliphatic rings. The quantitative estimate of drug-likeness (QED) is 0.639. The third kappa shape index (κ3) is 1.81. The minimum atomic E-state index is -3.65. The smallest absolute Gasteiger partial charge is 0.186 e. The number of hydrogen-bond donors (Lipinski definition) is 2. The zero-order valence-corrected chi connectivity index (χ0v) is 11.7. The Morgan fingerprint density at radius 3 is 2.53 bits per heavy atom. The van der Waals surface area contributed by atoms with Gasteiger partial charge in [-0.3, -0.25) is 0 Å². The Balaban J connectivity index is 1.95. The van der Waals surface area contributed by atoms with Gasteiger partial charge in [-0.15, -0.1) is 0 Å². The van der Waals surface area contributed by atoms with Crippen molar-refractivity contribution in [3.8, 4) is 5.75 Å². The Morgan fingerprint density at radius 1 is 1.37 bits per heavy atom. The number of benzene rings is 1. The van der Waals surface area contributed by atoms with Gasteiger partial charge in [0.25, 0.3) is 0 Å². The van der Waals surface area contributed by atoms with Crippen LogP contribution in [0.4, 0.5) is 5.69 Å². The van der Waals surface area contributed by atoms with Crippen LogP contribution in [-0.4, -0.2) is 32.0 Å². The van der Waals surface area contributed by atoms with E-state index in [0.29, 0.717) is 26.1 Å². The molecule has 3 rings (SSSR count). The maximum Gasteiger partial charge on any atom is 0.186 e. The van der Waals surface area contributed by atoms with Gasteiger partial charge in [-0.2, -0.15) is 0 Å². The molecule has 1 saturated heterocycles. The highest BCUT2D eigenvalue weighted by Crippen LogP contribution is 2.52. The summed E-state index contributed by atoms with van der Waals surface area (Å²) in [5.41, 5.74) is 5.59. The Morgan fingerprint density at radius 2 is 2.00 bits per heavy atom. The number of sulfone groups is 1.